The van der Waals surface area contributed by atoms with E-state index in [2.05, 4.69) is 28.3 Å². The lowest BCUT2D eigenvalue weighted by molar-refractivity contribution is -0.123. The van der Waals surface area contributed by atoms with Crippen LogP contribution in [0.25, 0.3) is 0 Å². The molecule has 1 heterocycles. The van der Waals surface area contributed by atoms with E-state index >= 15 is 0 Å². The highest BCUT2D eigenvalue weighted by Crippen LogP contribution is 2.32. The predicted octanol–water partition coefficient (Wildman–Crippen LogP) is 2.50. The maximum Gasteiger partial charge on any atom is 0.239 e. The number of carbonyl (C=O) groups is 1. The molecule has 0 saturated carbocycles. The van der Waals surface area contributed by atoms with E-state index in [0.29, 0.717) is 6.42 Å². The number of phenols is 1. The Morgan fingerprint density at radius 3 is 2.78 bits per heavy atom. The number of rotatable bonds is 4. The Kier molecular flexibility index (Phi) is 5.01. The molecule has 27 heavy (non-hydrogen) atoms. The minimum atomic E-state index is -0.285. The molecule has 6 nitrogen and oxygen atoms in total. The number of aromatic hydroxyl groups is 1. The lowest BCUT2D eigenvalue weighted by Crippen LogP contribution is -2.44. The van der Waals surface area contributed by atoms with Gasteiger partial charge in [0.1, 0.15) is 17.5 Å². The van der Waals surface area contributed by atoms with Crippen molar-refractivity contribution >= 4 is 5.91 Å². The molecule has 1 amide bonds. The van der Waals surface area contributed by atoms with Gasteiger partial charge in [0.2, 0.25) is 5.91 Å². The number of carbonyl (C=O) groups excluding carboxylic acids is 1. The summed E-state index contributed by atoms with van der Waals surface area (Å²) in [6.07, 6.45) is 3.69. The maximum atomic E-state index is 12.8. The minimum absolute atomic E-state index is 0.0115. The summed E-state index contributed by atoms with van der Waals surface area (Å²) in [4.78, 5) is 12.8. The number of methoxy groups -OCH3 is 1. The Morgan fingerprint density at radius 2 is 2.00 bits per heavy atom. The van der Waals surface area contributed by atoms with Crippen LogP contribution in [0.2, 0.25) is 0 Å². The zero-order chi connectivity index (χ0) is 18.8. The average Bonchev–Trinajstić information content (AvgIpc) is 3.18. The predicted molar refractivity (Wildman–Crippen MR) is 102 cm³/mol. The highest BCUT2D eigenvalue weighted by molar-refractivity contribution is 5.82. The first-order valence-corrected chi connectivity index (χ1v) is 9.41. The molecule has 4 rings (SSSR count). The molecule has 0 aromatic heterocycles. The molecular weight excluding hydrogens is 342 g/mol. The largest absolute Gasteiger partial charge is 0.508 e. The zero-order valence-electron chi connectivity index (χ0n) is 15.4. The molecule has 4 N–H and O–H groups in total. The van der Waals surface area contributed by atoms with Gasteiger partial charge in [0.25, 0.3) is 0 Å². The molecule has 3 atom stereocenters. The quantitative estimate of drug-likeness (QED) is 0.668. The Labute approximate surface area is 158 Å². The van der Waals surface area contributed by atoms with Crippen molar-refractivity contribution in [3.63, 3.8) is 0 Å². The molecule has 0 spiro atoms. The summed E-state index contributed by atoms with van der Waals surface area (Å²) in [5, 5.41) is 12.6. The molecule has 0 bridgehead atoms. The normalized spacial score (nSPS) is 24.3. The molecule has 0 radical (unpaired) electrons. The van der Waals surface area contributed by atoms with Crippen molar-refractivity contribution in [2.45, 2.75) is 43.8 Å². The van der Waals surface area contributed by atoms with E-state index in [1.807, 2.05) is 18.2 Å². The fourth-order valence-electron chi connectivity index (χ4n) is 3.99. The summed E-state index contributed by atoms with van der Waals surface area (Å²) < 4.78 is 5.32. The van der Waals surface area contributed by atoms with Crippen LogP contribution < -0.4 is 20.9 Å². The molecule has 1 aliphatic heterocycles. The monoisotopic (exact) mass is 367 g/mol. The van der Waals surface area contributed by atoms with E-state index in [9.17, 15) is 9.90 Å². The van der Waals surface area contributed by atoms with Gasteiger partial charge in [0.15, 0.2) is 0 Å². The van der Waals surface area contributed by atoms with Crippen LogP contribution in [0.4, 0.5) is 0 Å². The van der Waals surface area contributed by atoms with Crippen LogP contribution in [-0.2, 0) is 11.2 Å². The Morgan fingerprint density at radius 1 is 1.19 bits per heavy atom. The summed E-state index contributed by atoms with van der Waals surface area (Å²) in [6.45, 7) is 0. The molecule has 6 heteroatoms. The van der Waals surface area contributed by atoms with Crippen molar-refractivity contribution in [3.05, 3.63) is 59.2 Å². The third-order valence-corrected chi connectivity index (χ3v) is 5.50. The van der Waals surface area contributed by atoms with Crippen LogP contribution in [0.15, 0.2) is 42.5 Å². The summed E-state index contributed by atoms with van der Waals surface area (Å²) in [5.74, 6) is 1.11. The first-order valence-electron chi connectivity index (χ1n) is 9.41. The SMILES string of the molecule is COc1ccc2c(c1)CCCC2NC(=O)C1CC(c2ccc(O)cc2)NN1. The van der Waals surface area contributed by atoms with Gasteiger partial charge in [-0.1, -0.05) is 18.2 Å². The number of hydrazine groups is 1. The topological polar surface area (TPSA) is 82.6 Å². The Bertz CT molecular complexity index is 822. The minimum Gasteiger partial charge on any atom is -0.508 e. The molecular formula is C21H25N3O3. The van der Waals surface area contributed by atoms with Crippen LogP contribution in [-0.4, -0.2) is 24.2 Å². The third-order valence-electron chi connectivity index (χ3n) is 5.50. The number of hydrogen-bond acceptors (Lipinski definition) is 5. The van der Waals surface area contributed by atoms with Crippen LogP contribution in [0.1, 0.15) is 48.0 Å². The van der Waals surface area contributed by atoms with Gasteiger partial charge in [-0.05, 0) is 66.6 Å². The zero-order valence-corrected chi connectivity index (χ0v) is 15.4. The van der Waals surface area contributed by atoms with Crippen LogP contribution >= 0.6 is 0 Å². The average molecular weight is 367 g/mol. The van der Waals surface area contributed by atoms with Gasteiger partial charge in [-0.15, -0.1) is 0 Å². The summed E-state index contributed by atoms with van der Waals surface area (Å²) in [5.41, 5.74) is 9.79. The summed E-state index contributed by atoms with van der Waals surface area (Å²) in [6, 6.07) is 13.0. The van der Waals surface area contributed by atoms with Gasteiger partial charge in [-0.3, -0.25) is 4.79 Å². The fraction of sp³-hybridized carbons (Fsp3) is 0.381. The Hall–Kier alpha value is -2.57. The van der Waals surface area contributed by atoms with Crippen molar-refractivity contribution in [3.8, 4) is 11.5 Å². The standard InChI is InChI=1S/C21H25N3O3/c1-27-16-9-10-17-14(11-16)3-2-4-18(17)22-21(26)20-12-19(23-24-20)13-5-7-15(25)8-6-13/h5-11,18-20,23-25H,2-4,12H2,1H3,(H,22,26). The highest BCUT2D eigenvalue weighted by Gasteiger charge is 2.32. The molecule has 2 aromatic rings. The maximum absolute atomic E-state index is 12.8. The van der Waals surface area contributed by atoms with E-state index in [1.165, 1.54) is 11.1 Å². The van der Waals surface area contributed by atoms with Crippen LogP contribution in [0, 0.1) is 0 Å². The summed E-state index contributed by atoms with van der Waals surface area (Å²) in [7, 11) is 1.67. The van der Waals surface area contributed by atoms with Gasteiger partial charge in [0, 0.05) is 6.04 Å². The number of amides is 1. The highest BCUT2D eigenvalue weighted by atomic mass is 16.5. The number of ether oxygens (including phenoxy) is 1. The lowest BCUT2D eigenvalue weighted by atomic mass is 9.87. The van der Waals surface area contributed by atoms with Gasteiger partial charge in [-0.25, -0.2) is 10.9 Å². The first kappa shape index (κ1) is 17.8. The van der Waals surface area contributed by atoms with E-state index in [-0.39, 0.29) is 29.8 Å². The van der Waals surface area contributed by atoms with Crippen molar-refractivity contribution in [2.24, 2.45) is 0 Å². The van der Waals surface area contributed by atoms with Crippen molar-refractivity contribution in [1.82, 2.24) is 16.2 Å². The second-order valence-corrected chi connectivity index (χ2v) is 7.24. The van der Waals surface area contributed by atoms with Gasteiger partial charge in [0.05, 0.1) is 13.2 Å². The number of phenolic OH excluding ortho intramolecular Hbond substituents is 1. The van der Waals surface area contributed by atoms with Crippen molar-refractivity contribution in [1.29, 1.82) is 0 Å². The van der Waals surface area contributed by atoms with E-state index in [0.717, 1.165) is 30.6 Å². The van der Waals surface area contributed by atoms with Gasteiger partial charge >= 0.3 is 0 Å². The number of fused-ring (bicyclic) bond motifs is 1. The number of hydrogen-bond donors (Lipinski definition) is 4. The smallest absolute Gasteiger partial charge is 0.239 e. The molecule has 3 unspecified atom stereocenters. The van der Waals surface area contributed by atoms with Gasteiger partial charge in [-0.2, -0.15) is 0 Å². The second kappa shape index (κ2) is 7.58. The fourth-order valence-corrected chi connectivity index (χ4v) is 3.99. The van der Waals surface area contributed by atoms with Gasteiger partial charge < -0.3 is 15.2 Å². The van der Waals surface area contributed by atoms with E-state index < -0.39 is 0 Å². The summed E-state index contributed by atoms with van der Waals surface area (Å²) >= 11 is 0. The molecule has 1 aliphatic carbocycles. The number of aryl methyl sites for hydroxylation is 1. The second-order valence-electron chi connectivity index (χ2n) is 7.24. The molecule has 2 aliphatic rings. The Balaban J connectivity index is 1.41. The number of nitrogens with one attached hydrogen (secondary N) is 3. The van der Waals surface area contributed by atoms with Crippen LogP contribution in [0.5, 0.6) is 11.5 Å². The first-order chi connectivity index (χ1) is 13.1. The van der Waals surface area contributed by atoms with Crippen molar-refractivity contribution < 1.29 is 14.6 Å². The van der Waals surface area contributed by atoms with Crippen molar-refractivity contribution in [2.75, 3.05) is 7.11 Å². The molecule has 2 aromatic carbocycles. The lowest BCUT2D eigenvalue weighted by Gasteiger charge is -2.27. The number of benzene rings is 2. The third kappa shape index (κ3) is 3.77. The molecule has 1 saturated heterocycles. The van der Waals surface area contributed by atoms with Crippen LogP contribution in [0.3, 0.4) is 0 Å². The molecule has 142 valence electrons. The van der Waals surface area contributed by atoms with E-state index in [1.54, 1.807) is 19.2 Å². The van der Waals surface area contributed by atoms with E-state index in [4.69, 9.17) is 4.74 Å². The molecule has 1 fully saturated rings.